The van der Waals surface area contributed by atoms with E-state index in [2.05, 4.69) is 22.4 Å². The van der Waals surface area contributed by atoms with E-state index in [1.807, 2.05) is 24.4 Å². The van der Waals surface area contributed by atoms with Crippen molar-refractivity contribution in [3.05, 3.63) is 17.5 Å². The lowest BCUT2D eigenvalue weighted by Crippen LogP contribution is -2.44. The van der Waals surface area contributed by atoms with Crippen molar-refractivity contribution in [3.63, 3.8) is 0 Å². The van der Waals surface area contributed by atoms with Crippen LogP contribution >= 0.6 is 23.1 Å². The minimum Gasteiger partial charge on any atom is -0.410 e. The third kappa shape index (κ3) is 4.14. The summed E-state index contributed by atoms with van der Waals surface area (Å²) in [6.45, 7) is 4.09. The van der Waals surface area contributed by atoms with Crippen molar-refractivity contribution in [2.24, 2.45) is 5.92 Å². The Hall–Kier alpha value is -1.34. The van der Waals surface area contributed by atoms with Gasteiger partial charge >= 0.3 is 0 Å². The van der Waals surface area contributed by atoms with Gasteiger partial charge in [-0.3, -0.25) is 4.79 Å². The highest BCUT2D eigenvalue weighted by molar-refractivity contribution is 8.00. The number of thioether (sulfide) groups is 1. The Balaban J connectivity index is 1.56. The summed E-state index contributed by atoms with van der Waals surface area (Å²) >= 11 is 2.87. The van der Waals surface area contributed by atoms with E-state index in [0.717, 1.165) is 11.3 Å². The molecule has 3 atom stereocenters. The summed E-state index contributed by atoms with van der Waals surface area (Å²) in [5.74, 6) is 1.11. The first-order valence-corrected chi connectivity index (χ1v) is 9.74. The molecule has 1 aliphatic carbocycles. The SMILES string of the molecule is CC(Sc1nnc(-c2cccs2)o1)C(=O)NC1CCCCC1C. The van der Waals surface area contributed by atoms with Crippen LogP contribution in [0.3, 0.4) is 0 Å². The average molecular weight is 351 g/mol. The van der Waals surface area contributed by atoms with Crippen LogP contribution in [0.1, 0.15) is 39.5 Å². The van der Waals surface area contributed by atoms with Crippen molar-refractivity contribution < 1.29 is 9.21 Å². The van der Waals surface area contributed by atoms with E-state index in [1.165, 1.54) is 31.0 Å². The molecule has 3 unspecified atom stereocenters. The first-order chi connectivity index (χ1) is 11.1. The van der Waals surface area contributed by atoms with Gasteiger partial charge in [0.25, 0.3) is 11.1 Å². The lowest BCUT2D eigenvalue weighted by molar-refractivity contribution is -0.121. The first kappa shape index (κ1) is 16.5. The predicted molar refractivity (Wildman–Crippen MR) is 92.5 cm³/mol. The van der Waals surface area contributed by atoms with Gasteiger partial charge in [0.1, 0.15) is 0 Å². The number of thiophene rings is 1. The topological polar surface area (TPSA) is 68.0 Å². The quantitative estimate of drug-likeness (QED) is 0.826. The number of carbonyl (C=O) groups excluding carboxylic acids is 1. The second-order valence-electron chi connectivity index (χ2n) is 5.99. The average Bonchev–Trinajstić information content (AvgIpc) is 3.20. The Bertz CT molecular complexity index is 642. The molecule has 7 heteroatoms. The maximum atomic E-state index is 12.4. The van der Waals surface area contributed by atoms with E-state index in [1.54, 1.807) is 11.3 Å². The molecule has 5 nitrogen and oxygen atoms in total. The van der Waals surface area contributed by atoms with Gasteiger partial charge in [-0.05, 0) is 37.1 Å². The Morgan fingerprint density at radius 2 is 2.26 bits per heavy atom. The number of nitrogens with one attached hydrogen (secondary N) is 1. The number of nitrogens with zero attached hydrogens (tertiary/aromatic N) is 2. The van der Waals surface area contributed by atoms with E-state index in [9.17, 15) is 4.79 Å². The summed E-state index contributed by atoms with van der Waals surface area (Å²) < 4.78 is 5.63. The number of amides is 1. The van der Waals surface area contributed by atoms with Crippen LogP contribution in [0.5, 0.6) is 0 Å². The minimum absolute atomic E-state index is 0.0459. The van der Waals surface area contributed by atoms with Crippen LogP contribution in [0.2, 0.25) is 0 Å². The second-order valence-corrected chi connectivity index (χ2v) is 8.23. The molecule has 1 amide bonds. The molecular formula is C16H21N3O2S2. The molecule has 0 aromatic carbocycles. The molecule has 2 heterocycles. The third-order valence-corrected chi connectivity index (χ3v) is 6.02. The van der Waals surface area contributed by atoms with Crippen LogP contribution in [-0.2, 0) is 4.79 Å². The largest absolute Gasteiger partial charge is 0.410 e. The monoisotopic (exact) mass is 351 g/mol. The number of carbonyl (C=O) groups is 1. The normalized spacial score (nSPS) is 22.7. The zero-order chi connectivity index (χ0) is 16.2. The highest BCUT2D eigenvalue weighted by atomic mass is 32.2. The Kier molecular flexibility index (Phi) is 5.38. The maximum Gasteiger partial charge on any atom is 0.277 e. The summed E-state index contributed by atoms with van der Waals surface area (Å²) in [6, 6.07) is 4.18. The number of hydrogen-bond acceptors (Lipinski definition) is 6. The fourth-order valence-electron chi connectivity index (χ4n) is 2.79. The van der Waals surface area contributed by atoms with Crippen LogP contribution in [0.15, 0.2) is 27.2 Å². The van der Waals surface area contributed by atoms with Crippen molar-refractivity contribution in [1.29, 1.82) is 0 Å². The molecule has 3 rings (SSSR count). The molecule has 0 spiro atoms. The second kappa shape index (κ2) is 7.49. The summed E-state index contributed by atoms with van der Waals surface area (Å²) in [7, 11) is 0. The van der Waals surface area contributed by atoms with E-state index in [-0.39, 0.29) is 11.2 Å². The van der Waals surface area contributed by atoms with E-state index in [4.69, 9.17) is 4.42 Å². The zero-order valence-electron chi connectivity index (χ0n) is 13.3. The molecule has 23 heavy (non-hydrogen) atoms. The summed E-state index contributed by atoms with van der Waals surface area (Å²) in [5, 5.41) is 13.4. The molecule has 2 aromatic rings. The van der Waals surface area contributed by atoms with Crippen molar-refractivity contribution in [3.8, 4) is 10.8 Å². The molecule has 0 saturated heterocycles. The van der Waals surface area contributed by atoms with Gasteiger partial charge in [-0.25, -0.2) is 0 Å². The highest BCUT2D eigenvalue weighted by Crippen LogP contribution is 2.29. The van der Waals surface area contributed by atoms with Crippen molar-refractivity contribution in [2.75, 3.05) is 0 Å². The van der Waals surface area contributed by atoms with Crippen LogP contribution in [-0.4, -0.2) is 27.4 Å². The van der Waals surface area contributed by atoms with Gasteiger partial charge in [0.15, 0.2) is 0 Å². The fraction of sp³-hybridized carbons (Fsp3) is 0.562. The summed E-state index contributed by atoms with van der Waals surface area (Å²) in [5.41, 5.74) is 0. The molecule has 0 bridgehead atoms. The molecule has 1 aliphatic rings. The highest BCUT2D eigenvalue weighted by Gasteiger charge is 2.26. The molecule has 1 N–H and O–H groups in total. The van der Waals surface area contributed by atoms with Crippen LogP contribution < -0.4 is 5.32 Å². The van der Waals surface area contributed by atoms with E-state index in [0.29, 0.717) is 23.1 Å². The number of aromatic nitrogens is 2. The lowest BCUT2D eigenvalue weighted by Gasteiger charge is -2.30. The van der Waals surface area contributed by atoms with E-state index < -0.39 is 0 Å². The molecule has 1 fully saturated rings. The van der Waals surface area contributed by atoms with Gasteiger partial charge < -0.3 is 9.73 Å². The standard InChI is InChI=1S/C16H21N3O2S2/c1-10-6-3-4-7-12(10)17-14(20)11(2)23-16-19-18-15(21-16)13-8-5-9-22-13/h5,8-12H,3-4,6-7H2,1-2H3,(H,17,20). The smallest absolute Gasteiger partial charge is 0.277 e. The van der Waals surface area contributed by atoms with Crippen LogP contribution in [0.4, 0.5) is 0 Å². The van der Waals surface area contributed by atoms with Gasteiger partial charge in [-0.15, -0.1) is 21.5 Å². The lowest BCUT2D eigenvalue weighted by atomic mass is 9.86. The van der Waals surface area contributed by atoms with E-state index >= 15 is 0 Å². The fourth-order valence-corrected chi connectivity index (χ4v) is 4.13. The Morgan fingerprint density at radius 1 is 1.43 bits per heavy atom. The number of rotatable bonds is 5. The first-order valence-electron chi connectivity index (χ1n) is 7.98. The summed E-state index contributed by atoms with van der Waals surface area (Å²) in [6.07, 6.45) is 4.74. The van der Waals surface area contributed by atoms with Crippen molar-refractivity contribution in [1.82, 2.24) is 15.5 Å². The Morgan fingerprint density at radius 3 is 3.00 bits per heavy atom. The number of hydrogen-bond donors (Lipinski definition) is 1. The van der Waals surface area contributed by atoms with Crippen LogP contribution in [0.25, 0.3) is 10.8 Å². The third-order valence-electron chi connectivity index (χ3n) is 4.22. The van der Waals surface area contributed by atoms with Gasteiger partial charge in [-0.1, -0.05) is 37.6 Å². The molecule has 124 valence electrons. The van der Waals surface area contributed by atoms with Gasteiger partial charge in [0, 0.05) is 6.04 Å². The Labute approximate surface area is 144 Å². The van der Waals surface area contributed by atoms with Crippen molar-refractivity contribution >= 4 is 29.0 Å². The minimum atomic E-state index is -0.249. The molecule has 0 aliphatic heterocycles. The molecule has 2 aromatic heterocycles. The van der Waals surface area contributed by atoms with Gasteiger partial charge in [0.2, 0.25) is 5.91 Å². The predicted octanol–water partition coefficient (Wildman–Crippen LogP) is 3.97. The van der Waals surface area contributed by atoms with Crippen LogP contribution in [0, 0.1) is 5.92 Å². The summed E-state index contributed by atoms with van der Waals surface area (Å²) in [4.78, 5) is 13.3. The van der Waals surface area contributed by atoms with Crippen molar-refractivity contribution in [2.45, 2.75) is 56.0 Å². The molecule has 1 saturated carbocycles. The van der Waals surface area contributed by atoms with Gasteiger partial charge in [-0.2, -0.15) is 0 Å². The zero-order valence-corrected chi connectivity index (χ0v) is 15.0. The molecule has 0 radical (unpaired) electrons. The maximum absolute atomic E-state index is 12.4. The molecular weight excluding hydrogens is 330 g/mol. The van der Waals surface area contributed by atoms with Gasteiger partial charge in [0.05, 0.1) is 10.1 Å².